The Bertz CT molecular complexity index is 945. The highest BCUT2D eigenvalue weighted by Gasteiger charge is 2.40. The molecule has 1 fully saturated rings. The summed E-state index contributed by atoms with van der Waals surface area (Å²) in [4.78, 5) is 6.79. The number of nitrogens with one attached hydrogen (secondary N) is 1. The van der Waals surface area contributed by atoms with Gasteiger partial charge in [0.1, 0.15) is 0 Å². The third kappa shape index (κ3) is 3.70. The van der Waals surface area contributed by atoms with E-state index in [0.29, 0.717) is 13.2 Å². The average Bonchev–Trinajstić information content (AvgIpc) is 3.32. The van der Waals surface area contributed by atoms with Crippen molar-refractivity contribution in [2.24, 2.45) is 0 Å². The molecule has 7 heteroatoms. The van der Waals surface area contributed by atoms with E-state index in [1.807, 2.05) is 24.4 Å². The summed E-state index contributed by atoms with van der Waals surface area (Å²) in [6.07, 6.45) is 3.91. The summed E-state index contributed by atoms with van der Waals surface area (Å²) >= 11 is 9.19. The number of benzene rings is 1. The highest BCUT2D eigenvalue weighted by molar-refractivity contribution is 9.10. The highest BCUT2D eigenvalue weighted by atomic mass is 79.9. The first-order valence-electron chi connectivity index (χ1n) is 9.09. The van der Waals surface area contributed by atoms with Gasteiger partial charge in [-0.1, -0.05) is 22.0 Å². The monoisotopic (exact) mass is 456 g/mol. The van der Waals surface area contributed by atoms with E-state index in [-0.39, 0.29) is 12.1 Å². The molecule has 1 aromatic carbocycles. The molecule has 0 amide bonds. The van der Waals surface area contributed by atoms with Crippen LogP contribution in [0.1, 0.15) is 23.5 Å². The van der Waals surface area contributed by atoms with Crippen LogP contribution in [0.15, 0.2) is 71.5 Å². The molecule has 3 aromatic rings. The lowest BCUT2D eigenvalue weighted by Crippen LogP contribution is -2.33. The molecule has 0 aliphatic carbocycles. The van der Waals surface area contributed by atoms with Crippen LogP contribution in [-0.4, -0.2) is 39.8 Å². The van der Waals surface area contributed by atoms with Crippen molar-refractivity contribution >= 4 is 33.3 Å². The Labute approximate surface area is 178 Å². The minimum absolute atomic E-state index is 0.0104. The zero-order valence-corrected chi connectivity index (χ0v) is 17.9. The first kappa shape index (κ1) is 19.1. The number of thiocarbonyl (C=S) groups is 1. The number of rotatable bonds is 6. The minimum Gasteiger partial charge on any atom is -0.383 e. The summed E-state index contributed by atoms with van der Waals surface area (Å²) in [5, 5.41) is 4.20. The normalized spacial score (nSPS) is 19.1. The van der Waals surface area contributed by atoms with Gasteiger partial charge in [-0.15, -0.1) is 0 Å². The predicted octanol–water partition coefficient (Wildman–Crippen LogP) is 4.25. The molecule has 0 saturated carbocycles. The van der Waals surface area contributed by atoms with Crippen molar-refractivity contribution in [3.8, 4) is 5.69 Å². The number of methoxy groups -OCH3 is 1. The molecule has 144 valence electrons. The van der Waals surface area contributed by atoms with Crippen LogP contribution in [0.3, 0.4) is 0 Å². The molecule has 5 nitrogen and oxygen atoms in total. The molecule has 0 spiro atoms. The van der Waals surface area contributed by atoms with E-state index < -0.39 is 0 Å². The second-order valence-electron chi connectivity index (χ2n) is 6.59. The number of aromatic nitrogens is 2. The third-order valence-corrected chi connectivity index (χ3v) is 5.80. The first-order valence-corrected chi connectivity index (χ1v) is 10.3. The summed E-state index contributed by atoms with van der Waals surface area (Å²) in [5.74, 6) is 0. The Morgan fingerprint density at radius 2 is 1.96 bits per heavy atom. The number of hydrogen-bond acceptors (Lipinski definition) is 3. The summed E-state index contributed by atoms with van der Waals surface area (Å²) < 4.78 is 8.60. The van der Waals surface area contributed by atoms with Crippen LogP contribution in [0.2, 0.25) is 0 Å². The van der Waals surface area contributed by atoms with Gasteiger partial charge in [0.25, 0.3) is 0 Å². The lowest BCUT2D eigenvalue weighted by Gasteiger charge is -2.28. The van der Waals surface area contributed by atoms with Crippen molar-refractivity contribution in [3.63, 3.8) is 0 Å². The summed E-state index contributed by atoms with van der Waals surface area (Å²) in [6, 6.07) is 18.5. The van der Waals surface area contributed by atoms with Gasteiger partial charge in [0.2, 0.25) is 0 Å². The van der Waals surface area contributed by atoms with Gasteiger partial charge < -0.3 is 19.5 Å². The van der Waals surface area contributed by atoms with Crippen LogP contribution in [-0.2, 0) is 4.74 Å². The van der Waals surface area contributed by atoms with E-state index in [2.05, 4.69) is 78.3 Å². The fourth-order valence-corrected chi connectivity index (χ4v) is 4.23. The fourth-order valence-electron chi connectivity index (χ4n) is 3.63. The Morgan fingerprint density at radius 1 is 1.14 bits per heavy atom. The number of hydrogen-bond donors (Lipinski definition) is 1. The Balaban J connectivity index is 1.78. The van der Waals surface area contributed by atoms with Gasteiger partial charge in [0.15, 0.2) is 5.11 Å². The maximum Gasteiger partial charge on any atom is 0.170 e. The maximum atomic E-state index is 5.68. The molecule has 1 aliphatic rings. The third-order valence-electron chi connectivity index (χ3n) is 4.92. The zero-order valence-electron chi connectivity index (χ0n) is 15.5. The molecule has 1 saturated heterocycles. The van der Waals surface area contributed by atoms with Crippen molar-refractivity contribution in [2.45, 2.75) is 12.1 Å². The van der Waals surface area contributed by atoms with Crippen molar-refractivity contribution in [1.82, 2.24) is 19.8 Å². The largest absolute Gasteiger partial charge is 0.383 e. The van der Waals surface area contributed by atoms with Crippen LogP contribution in [0.25, 0.3) is 5.69 Å². The predicted molar refractivity (Wildman–Crippen MR) is 118 cm³/mol. The molecule has 1 aliphatic heterocycles. The molecule has 4 rings (SSSR count). The Morgan fingerprint density at radius 3 is 2.68 bits per heavy atom. The highest BCUT2D eigenvalue weighted by Crippen LogP contribution is 2.39. The van der Waals surface area contributed by atoms with Gasteiger partial charge in [0, 0.05) is 41.9 Å². The quantitative estimate of drug-likeness (QED) is 0.561. The lowest BCUT2D eigenvalue weighted by atomic mass is 10.0. The molecule has 1 N–H and O–H groups in total. The molecule has 28 heavy (non-hydrogen) atoms. The maximum absolute atomic E-state index is 5.68. The number of pyridine rings is 1. The van der Waals surface area contributed by atoms with Crippen LogP contribution in [0.5, 0.6) is 0 Å². The number of halogens is 1. The molecule has 0 radical (unpaired) electrons. The van der Waals surface area contributed by atoms with Gasteiger partial charge in [-0.2, -0.15) is 0 Å². The van der Waals surface area contributed by atoms with E-state index in [1.54, 1.807) is 7.11 Å². The Kier molecular flexibility index (Phi) is 5.75. The molecular weight excluding hydrogens is 436 g/mol. The fraction of sp³-hybridized carbons (Fsp3) is 0.238. The van der Waals surface area contributed by atoms with Crippen molar-refractivity contribution in [2.75, 3.05) is 20.3 Å². The van der Waals surface area contributed by atoms with Crippen molar-refractivity contribution < 1.29 is 4.74 Å². The average molecular weight is 457 g/mol. The molecular formula is C21H21BrN4OS. The number of ether oxygens (including phenoxy) is 1. The van der Waals surface area contributed by atoms with Gasteiger partial charge in [-0.25, -0.2) is 0 Å². The zero-order chi connectivity index (χ0) is 19.5. The van der Waals surface area contributed by atoms with Crippen LogP contribution >= 0.6 is 28.1 Å². The molecule has 0 bridgehead atoms. The second kappa shape index (κ2) is 8.43. The molecule has 2 aromatic heterocycles. The van der Waals surface area contributed by atoms with Gasteiger partial charge in [-0.3, -0.25) is 4.98 Å². The summed E-state index contributed by atoms with van der Waals surface area (Å²) in [7, 11) is 1.71. The van der Waals surface area contributed by atoms with Crippen LogP contribution < -0.4 is 5.32 Å². The SMILES string of the molecule is COCCN1C(=S)N[C@H](c2ccccn2)[C@@H]1c1cccn1-c1ccc(Br)cc1. The van der Waals surface area contributed by atoms with Gasteiger partial charge in [0.05, 0.1) is 24.4 Å². The van der Waals surface area contributed by atoms with Gasteiger partial charge in [-0.05, 0) is 60.7 Å². The molecule has 3 heterocycles. The molecule has 2 atom stereocenters. The van der Waals surface area contributed by atoms with Crippen LogP contribution in [0, 0.1) is 0 Å². The molecule has 0 unspecified atom stereocenters. The summed E-state index contributed by atoms with van der Waals surface area (Å²) in [6.45, 7) is 1.31. The van der Waals surface area contributed by atoms with Gasteiger partial charge >= 0.3 is 0 Å². The van der Waals surface area contributed by atoms with E-state index in [1.165, 1.54) is 0 Å². The number of nitrogens with zero attached hydrogens (tertiary/aromatic N) is 3. The second-order valence-corrected chi connectivity index (χ2v) is 7.89. The first-order chi connectivity index (χ1) is 13.7. The van der Waals surface area contributed by atoms with Crippen molar-refractivity contribution in [1.29, 1.82) is 0 Å². The van der Waals surface area contributed by atoms with Crippen molar-refractivity contribution in [3.05, 3.63) is 82.9 Å². The van der Waals surface area contributed by atoms with E-state index >= 15 is 0 Å². The topological polar surface area (TPSA) is 42.3 Å². The summed E-state index contributed by atoms with van der Waals surface area (Å²) in [5.41, 5.74) is 3.23. The van der Waals surface area contributed by atoms with E-state index in [4.69, 9.17) is 17.0 Å². The van der Waals surface area contributed by atoms with E-state index in [0.717, 1.165) is 26.7 Å². The Hall–Kier alpha value is -2.22. The smallest absolute Gasteiger partial charge is 0.170 e. The lowest BCUT2D eigenvalue weighted by molar-refractivity contribution is 0.163. The van der Waals surface area contributed by atoms with E-state index in [9.17, 15) is 0 Å². The minimum atomic E-state index is -0.0327. The van der Waals surface area contributed by atoms with Crippen LogP contribution in [0.4, 0.5) is 0 Å². The standard InChI is InChI=1S/C21H21BrN4OS/c1-27-14-13-26-20(19(24-21(26)28)17-5-2-3-11-23-17)18-6-4-12-25(18)16-9-7-15(22)8-10-16/h2-12,19-20H,13-14H2,1H3,(H,24,28)/t19-,20+/m1/s1.